The molecule has 0 aliphatic heterocycles. The molecule has 0 spiro atoms. The van der Waals surface area contributed by atoms with E-state index in [0.29, 0.717) is 5.41 Å². The number of benzene rings is 1. The number of methoxy groups -OCH3 is 1. The Bertz CT molecular complexity index is 505. The van der Waals surface area contributed by atoms with Crippen LogP contribution in [0.5, 0.6) is 5.75 Å². The maximum Gasteiger partial charge on any atom is 0.119 e. The normalized spacial score (nSPS) is 12.0. The zero-order valence-corrected chi connectivity index (χ0v) is 11.1. The van der Waals surface area contributed by atoms with Crippen molar-refractivity contribution in [2.75, 3.05) is 7.11 Å². The molecule has 0 saturated heterocycles. The van der Waals surface area contributed by atoms with Gasteiger partial charge >= 0.3 is 0 Å². The number of fused-ring (bicyclic) bond motifs is 1. The number of nitrogens with one attached hydrogen (secondary N) is 1. The molecule has 1 aromatic heterocycles. The lowest BCUT2D eigenvalue weighted by Crippen LogP contribution is -2.06. The number of H-pyrrole nitrogens is 1. The minimum absolute atomic E-state index is 0.377. The highest BCUT2D eigenvalue weighted by Crippen LogP contribution is 2.27. The first-order chi connectivity index (χ1) is 7.99. The van der Waals surface area contributed by atoms with Crippen LogP contribution in [0.15, 0.2) is 24.4 Å². The van der Waals surface area contributed by atoms with Crippen LogP contribution in [0.1, 0.15) is 32.8 Å². The highest BCUT2D eigenvalue weighted by molar-refractivity contribution is 5.84. The fourth-order valence-corrected chi connectivity index (χ4v) is 2.00. The summed E-state index contributed by atoms with van der Waals surface area (Å²) in [5, 5.41) is 1.29. The van der Waals surface area contributed by atoms with Gasteiger partial charge in [0.15, 0.2) is 0 Å². The highest BCUT2D eigenvalue weighted by atomic mass is 16.5. The van der Waals surface area contributed by atoms with Crippen molar-refractivity contribution in [2.45, 2.75) is 33.6 Å². The second-order valence-electron chi connectivity index (χ2n) is 5.79. The van der Waals surface area contributed by atoms with Gasteiger partial charge in [-0.15, -0.1) is 0 Å². The largest absolute Gasteiger partial charge is 0.497 e. The Morgan fingerprint density at radius 1 is 1.24 bits per heavy atom. The summed E-state index contributed by atoms with van der Waals surface area (Å²) in [4.78, 5) is 3.32. The van der Waals surface area contributed by atoms with E-state index < -0.39 is 0 Å². The Morgan fingerprint density at radius 3 is 2.65 bits per heavy atom. The van der Waals surface area contributed by atoms with Crippen molar-refractivity contribution in [3.8, 4) is 5.75 Å². The Kier molecular flexibility index (Phi) is 3.14. The topological polar surface area (TPSA) is 25.0 Å². The van der Waals surface area contributed by atoms with Crippen LogP contribution in [0.3, 0.4) is 0 Å². The Labute approximate surface area is 103 Å². The zero-order valence-electron chi connectivity index (χ0n) is 11.1. The van der Waals surface area contributed by atoms with Crippen molar-refractivity contribution >= 4 is 10.9 Å². The highest BCUT2D eigenvalue weighted by Gasteiger charge is 2.12. The lowest BCUT2D eigenvalue weighted by atomic mass is 9.88. The van der Waals surface area contributed by atoms with Gasteiger partial charge in [0.1, 0.15) is 5.75 Å². The maximum atomic E-state index is 5.28. The molecule has 0 unspecified atom stereocenters. The van der Waals surface area contributed by atoms with E-state index in [0.717, 1.165) is 12.2 Å². The van der Waals surface area contributed by atoms with Crippen molar-refractivity contribution in [3.63, 3.8) is 0 Å². The molecule has 17 heavy (non-hydrogen) atoms. The van der Waals surface area contributed by atoms with E-state index in [9.17, 15) is 0 Å². The summed E-state index contributed by atoms with van der Waals surface area (Å²) < 4.78 is 5.28. The molecule has 92 valence electrons. The molecule has 0 saturated carbocycles. The van der Waals surface area contributed by atoms with Crippen LogP contribution in [0, 0.1) is 5.41 Å². The third-order valence-electron chi connectivity index (χ3n) is 3.12. The number of hydrogen-bond donors (Lipinski definition) is 1. The molecule has 0 amide bonds. The quantitative estimate of drug-likeness (QED) is 0.843. The van der Waals surface area contributed by atoms with Gasteiger partial charge in [-0.2, -0.15) is 0 Å². The summed E-state index contributed by atoms with van der Waals surface area (Å²) in [6.45, 7) is 6.84. The number of aromatic nitrogens is 1. The predicted molar refractivity (Wildman–Crippen MR) is 72.6 cm³/mol. The summed E-state index contributed by atoms with van der Waals surface area (Å²) in [5.74, 6) is 0.925. The maximum absolute atomic E-state index is 5.28. The average molecular weight is 231 g/mol. The first-order valence-electron chi connectivity index (χ1n) is 6.13. The van der Waals surface area contributed by atoms with Crippen LogP contribution < -0.4 is 4.74 Å². The zero-order chi connectivity index (χ0) is 12.5. The molecule has 0 bridgehead atoms. The van der Waals surface area contributed by atoms with Gasteiger partial charge in [-0.25, -0.2) is 0 Å². The molecule has 0 atom stereocenters. The SMILES string of the molecule is COc1ccc2[nH]cc(CCC(C)(C)C)c2c1. The minimum Gasteiger partial charge on any atom is -0.497 e. The van der Waals surface area contributed by atoms with Gasteiger partial charge in [0.2, 0.25) is 0 Å². The molecule has 1 aromatic carbocycles. The third-order valence-corrected chi connectivity index (χ3v) is 3.12. The van der Waals surface area contributed by atoms with Gasteiger partial charge in [-0.05, 0) is 42.0 Å². The van der Waals surface area contributed by atoms with E-state index in [4.69, 9.17) is 4.74 Å². The molecule has 0 aliphatic carbocycles. The molecule has 2 aromatic rings. The van der Waals surface area contributed by atoms with Crippen molar-refractivity contribution in [3.05, 3.63) is 30.0 Å². The van der Waals surface area contributed by atoms with Crippen LogP contribution in [0.4, 0.5) is 0 Å². The third kappa shape index (κ3) is 2.82. The molecule has 2 heteroatoms. The summed E-state index contributed by atoms with van der Waals surface area (Å²) >= 11 is 0. The minimum atomic E-state index is 0.377. The number of aryl methyl sites for hydroxylation is 1. The van der Waals surface area contributed by atoms with Crippen LogP contribution >= 0.6 is 0 Å². The second-order valence-corrected chi connectivity index (χ2v) is 5.79. The van der Waals surface area contributed by atoms with Crippen LogP contribution in [0.25, 0.3) is 10.9 Å². The molecule has 1 N–H and O–H groups in total. The average Bonchev–Trinajstić information content (AvgIpc) is 2.67. The summed E-state index contributed by atoms with van der Waals surface area (Å²) in [6.07, 6.45) is 4.42. The molecular weight excluding hydrogens is 210 g/mol. The lowest BCUT2D eigenvalue weighted by Gasteiger charge is -2.17. The number of rotatable bonds is 3. The van der Waals surface area contributed by atoms with Crippen molar-refractivity contribution in [1.29, 1.82) is 0 Å². The van der Waals surface area contributed by atoms with Gasteiger partial charge < -0.3 is 9.72 Å². The van der Waals surface area contributed by atoms with Crippen LogP contribution in [0.2, 0.25) is 0 Å². The molecule has 2 nitrogen and oxygen atoms in total. The van der Waals surface area contributed by atoms with Gasteiger partial charge in [0.05, 0.1) is 7.11 Å². The van der Waals surface area contributed by atoms with Crippen molar-refractivity contribution in [1.82, 2.24) is 4.98 Å². The summed E-state index contributed by atoms with van der Waals surface area (Å²) in [6, 6.07) is 6.19. The number of aromatic amines is 1. The molecule has 0 radical (unpaired) electrons. The van der Waals surface area contributed by atoms with E-state index in [-0.39, 0.29) is 0 Å². The number of ether oxygens (including phenoxy) is 1. The monoisotopic (exact) mass is 231 g/mol. The van der Waals surface area contributed by atoms with E-state index in [1.54, 1.807) is 7.11 Å². The lowest BCUT2D eigenvalue weighted by molar-refractivity contribution is 0.378. The van der Waals surface area contributed by atoms with Crippen molar-refractivity contribution in [2.24, 2.45) is 5.41 Å². The van der Waals surface area contributed by atoms with E-state index in [1.165, 1.54) is 22.9 Å². The van der Waals surface area contributed by atoms with E-state index in [2.05, 4.69) is 44.1 Å². The number of hydrogen-bond acceptors (Lipinski definition) is 1. The fraction of sp³-hybridized carbons (Fsp3) is 0.467. The molecule has 0 aliphatic rings. The van der Waals surface area contributed by atoms with Crippen LogP contribution in [-0.2, 0) is 6.42 Å². The molecular formula is C15H21NO. The van der Waals surface area contributed by atoms with Gasteiger partial charge in [-0.3, -0.25) is 0 Å². The first-order valence-corrected chi connectivity index (χ1v) is 6.13. The smallest absolute Gasteiger partial charge is 0.119 e. The van der Waals surface area contributed by atoms with Crippen LogP contribution in [-0.4, -0.2) is 12.1 Å². The standard InChI is InChI=1S/C15H21NO/c1-15(2,3)8-7-11-10-16-14-6-5-12(17-4)9-13(11)14/h5-6,9-10,16H,7-8H2,1-4H3. The second kappa shape index (κ2) is 4.44. The summed E-state index contributed by atoms with van der Waals surface area (Å²) in [5.41, 5.74) is 2.95. The van der Waals surface area contributed by atoms with E-state index in [1.807, 2.05) is 6.07 Å². The van der Waals surface area contributed by atoms with Gasteiger partial charge in [-0.1, -0.05) is 20.8 Å². The van der Waals surface area contributed by atoms with E-state index >= 15 is 0 Å². The Balaban J connectivity index is 2.28. The molecule has 0 fully saturated rings. The Hall–Kier alpha value is -1.44. The first kappa shape index (κ1) is 12.0. The molecule has 2 rings (SSSR count). The van der Waals surface area contributed by atoms with Gasteiger partial charge in [0.25, 0.3) is 0 Å². The predicted octanol–water partition coefficient (Wildman–Crippen LogP) is 4.16. The van der Waals surface area contributed by atoms with Gasteiger partial charge in [0, 0.05) is 17.1 Å². The summed E-state index contributed by atoms with van der Waals surface area (Å²) in [7, 11) is 1.71. The van der Waals surface area contributed by atoms with Crippen molar-refractivity contribution < 1.29 is 4.74 Å². The fourth-order valence-electron chi connectivity index (χ4n) is 2.00. The Morgan fingerprint density at radius 2 is 2.00 bits per heavy atom. The molecule has 1 heterocycles.